The van der Waals surface area contributed by atoms with Gasteiger partial charge in [-0.3, -0.25) is 24.5 Å². The van der Waals surface area contributed by atoms with Gasteiger partial charge in [0.15, 0.2) is 5.96 Å². The van der Waals surface area contributed by atoms with E-state index in [1.54, 1.807) is 12.4 Å². The highest BCUT2D eigenvalue weighted by Gasteiger charge is 2.09. The standard InChI is InChI=1S/C17H28N6O3/c18-17(21-15-4-7-19-8-5-15)20-6-2-1-3-16(24)22-26-14-11-23-9-12-25-13-10-23/h4-5,7-8H,1-3,6,9-14H2,(H,22,24)(H3,18,19,20,21). The van der Waals surface area contributed by atoms with Gasteiger partial charge in [-0.2, -0.15) is 0 Å². The van der Waals surface area contributed by atoms with E-state index >= 15 is 0 Å². The largest absolute Gasteiger partial charge is 0.379 e. The number of nitrogens with two attached hydrogens (primary N) is 1. The zero-order valence-corrected chi connectivity index (χ0v) is 15.0. The first kappa shape index (κ1) is 20.1. The Bertz CT molecular complexity index is 549. The third-order valence-electron chi connectivity index (χ3n) is 3.85. The zero-order valence-electron chi connectivity index (χ0n) is 15.0. The van der Waals surface area contributed by atoms with Crippen LogP contribution in [0.2, 0.25) is 0 Å². The molecule has 0 saturated carbocycles. The van der Waals surface area contributed by atoms with Crippen molar-refractivity contribution in [3.05, 3.63) is 24.5 Å². The number of nitrogens with one attached hydrogen (secondary N) is 2. The van der Waals surface area contributed by atoms with Gasteiger partial charge in [-0.05, 0) is 25.0 Å². The van der Waals surface area contributed by atoms with Gasteiger partial charge in [0, 0.05) is 50.7 Å². The number of hydroxylamine groups is 1. The highest BCUT2D eigenvalue weighted by atomic mass is 16.7. The number of hydrogen-bond acceptors (Lipinski definition) is 6. The maximum Gasteiger partial charge on any atom is 0.243 e. The van der Waals surface area contributed by atoms with Gasteiger partial charge in [0.05, 0.1) is 19.8 Å². The molecule has 9 heteroatoms. The highest BCUT2D eigenvalue weighted by Crippen LogP contribution is 2.02. The minimum absolute atomic E-state index is 0.112. The lowest BCUT2D eigenvalue weighted by Crippen LogP contribution is -2.39. The first-order valence-electron chi connectivity index (χ1n) is 8.92. The Morgan fingerprint density at radius 2 is 2.08 bits per heavy atom. The summed E-state index contributed by atoms with van der Waals surface area (Å²) < 4.78 is 5.28. The zero-order chi connectivity index (χ0) is 18.5. The number of pyridine rings is 1. The van der Waals surface area contributed by atoms with Gasteiger partial charge >= 0.3 is 0 Å². The topological polar surface area (TPSA) is 114 Å². The lowest BCUT2D eigenvalue weighted by Gasteiger charge is -2.26. The van der Waals surface area contributed by atoms with Crippen molar-refractivity contribution in [2.45, 2.75) is 19.3 Å². The number of carbonyl (C=O) groups excluding carboxylic acids is 1. The molecule has 1 aromatic rings. The minimum Gasteiger partial charge on any atom is -0.379 e. The number of guanidine groups is 1. The lowest BCUT2D eigenvalue weighted by atomic mass is 10.2. The lowest BCUT2D eigenvalue weighted by molar-refractivity contribution is -0.134. The van der Waals surface area contributed by atoms with E-state index < -0.39 is 0 Å². The van der Waals surface area contributed by atoms with E-state index in [2.05, 4.69) is 25.7 Å². The summed E-state index contributed by atoms with van der Waals surface area (Å²) in [5.41, 5.74) is 9.12. The van der Waals surface area contributed by atoms with Crippen molar-refractivity contribution in [2.75, 3.05) is 51.3 Å². The third-order valence-corrected chi connectivity index (χ3v) is 3.85. The second kappa shape index (κ2) is 12.2. The molecule has 2 heterocycles. The SMILES string of the molecule is NC(=NCCCCC(=O)NOCCN1CCOCC1)Nc1ccncc1. The van der Waals surface area contributed by atoms with E-state index in [0.29, 0.717) is 25.5 Å². The second-order valence-corrected chi connectivity index (χ2v) is 5.91. The van der Waals surface area contributed by atoms with Gasteiger partial charge in [-0.25, -0.2) is 5.48 Å². The van der Waals surface area contributed by atoms with Crippen LogP contribution in [-0.4, -0.2) is 67.8 Å². The van der Waals surface area contributed by atoms with Crippen LogP contribution in [0.25, 0.3) is 0 Å². The molecule has 0 aliphatic carbocycles. The molecule has 0 spiro atoms. The van der Waals surface area contributed by atoms with Crippen LogP contribution in [0.1, 0.15) is 19.3 Å². The Hall–Kier alpha value is -2.23. The molecule has 0 radical (unpaired) electrons. The molecule has 0 unspecified atom stereocenters. The molecule has 144 valence electrons. The molecule has 1 fully saturated rings. The summed E-state index contributed by atoms with van der Waals surface area (Å²) in [6.07, 6.45) is 5.27. The molecule has 1 saturated heterocycles. The number of aromatic nitrogens is 1. The highest BCUT2D eigenvalue weighted by molar-refractivity contribution is 5.92. The van der Waals surface area contributed by atoms with Gasteiger partial charge in [-0.15, -0.1) is 0 Å². The predicted octanol–water partition coefficient (Wildman–Crippen LogP) is 0.359. The smallest absolute Gasteiger partial charge is 0.243 e. The van der Waals surface area contributed by atoms with Crippen LogP contribution in [-0.2, 0) is 14.4 Å². The Morgan fingerprint density at radius 3 is 2.85 bits per heavy atom. The molecule has 1 aromatic heterocycles. The molecule has 4 N–H and O–H groups in total. The number of carbonyl (C=O) groups is 1. The number of aliphatic imine (C=N–C) groups is 1. The summed E-state index contributed by atoms with van der Waals surface area (Å²) in [7, 11) is 0. The quantitative estimate of drug-likeness (QED) is 0.238. The minimum atomic E-state index is -0.112. The van der Waals surface area contributed by atoms with E-state index in [1.807, 2.05) is 12.1 Å². The van der Waals surface area contributed by atoms with Crippen molar-refractivity contribution in [3.8, 4) is 0 Å². The Morgan fingerprint density at radius 1 is 1.31 bits per heavy atom. The fourth-order valence-electron chi connectivity index (χ4n) is 2.40. The number of anilines is 1. The van der Waals surface area contributed by atoms with Crippen molar-refractivity contribution in [1.82, 2.24) is 15.4 Å². The van der Waals surface area contributed by atoms with Crippen molar-refractivity contribution in [2.24, 2.45) is 10.7 Å². The molecule has 9 nitrogen and oxygen atoms in total. The van der Waals surface area contributed by atoms with Gasteiger partial charge in [0.1, 0.15) is 0 Å². The second-order valence-electron chi connectivity index (χ2n) is 5.91. The predicted molar refractivity (Wildman–Crippen MR) is 99.6 cm³/mol. The normalized spacial score (nSPS) is 15.6. The van der Waals surface area contributed by atoms with E-state index in [9.17, 15) is 4.79 Å². The van der Waals surface area contributed by atoms with Crippen molar-refractivity contribution >= 4 is 17.6 Å². The van der Waals surface area contributed by atoms with Crippen molar-refractivity contribution in [1.29, 1.82) is 0 Å². The molecule has 26 heavy (non-hydrogen) atoms. The van der Waals surface area contributed by atoms with Crippen LogP contribution in [0.5, 0.6) is 0 Å². The van der Waals surface area contributed by atoms with E-state index in [0.717, 1.165) is 51.4 Å². The fraction of sp³-hybridized carbons (Fsp3) is 0.588. The van der Waals surface area contributed by atoms with Gasteiger partial charge < -0.3 is 15.8 Å². The summed E-state index contributed by atoms with van der Waals surface area (Å²) in [6, 6.07) is 3.62. The third kappa shape index (κ3) is 8.75. The van der Waals surface area contributed by atoms with Crippen molar-refractivity contribution in [3.63, 3.8) is 0 Å². The molecule has 2 rings (SSSR count). The Kier molecular flexibility index (Phi) is 9.41. The van der Waals surface area contributed by atoms with E-state index in [-0.39, 0.29) is 5.91 Å². The van der Waals surface area contributed by atoms with Gasteiger partial charge in [0.2, 0.25) is 5.91 Å². The van der Waals surface area contributed by atoms with Crippen molar-refractivity contribution < 1.29 is 14.4 Å². The number of hydrogen-bond donors (Lipinski definition) is 3. The molecule has 0 atom stereocenters. The average molecular weight is 364 g/mol. The number of amides is 1. The number of nitrogens with zero attached hydrogens (tertiary/aromatic N) is 3. The first-order chi connectivity index (χ1) is 12.7. The molecule has 1 aliphatic heterocycles. The van der Waals surface area contributed by atoms with E-state index in [4.69, 9.17) is 15.3 Å². The number of ether oxygens (including phenoxy) is 1. The molecule has 1 amide bonds. The monoisotopic (exact) mass is 364 g/mol. The van der Waals surface area contributed by atoms with Gasteiger partial charge in [-0.1, -0.05) is 0 Å². The average Bonchev–Trinajstić information content (AvgIpc) is 2.66. The fourth-order valence-corrected chi connectivity index (χ4v) is 2.40. The number of morpholine rings is 1. The Balaban J connectivity index is 1.45. The van der Waals surface area contributed by atoms with E-state index in [1.165, 1.54) is 0 Å². The molecule has 0 bridgehead atoms. The molecular formula is C17H28N6O3. The molecular weight excluding hydrogens is 336 g/mol. The van der Waals surface area contributed by atoms with Crippen LogP contribution in [0, 0.1) is 0 Å². The summed E-state index contributed by atoms with van der Waals surface area (Å²) in [4.78, 5) is 27.3. The maximum absolute atomic E-state index is 11.7. The van der Waals surface area contributed by atoms with Gasteiger partial charge in [0.25, 0.3) is 0 Å². The van der Waals surface area contributed by atoms with Crippen LogP contribution in [0.4, 0.5) is 5.69 Å². The molecule has 1 aliphatic rings. The number of unbranched alkanes of at least 4 members (excludes halogenated alkanes) is 1. The van der Waals surface area contributed by atoms with Crippen LogP contribution in [0.3, 0.4) is 0 Å². The Labute approximate surface area is 153 Å². The summed E-state index contributed by atoms with van der Waals surface area (Å²) in [6.45, 7) is 5.19. The summed E-state index contributed by atoms with van der Waals surface area (Å²) in [5, 5.41) is 2.98. The van der Waals surface area contributed by atoms with Crippen LogP contribution < -0.4 is 16.5 Å². The summed E-state index contributed by atoms with van der Waals surface area (Å²) in [5.74, 6) is 0.242. The van der Waals surface area contributed by atoms with Crippen LogP contribution in [0.15, 0.2) is 29.5 Å². The molecule has 0 aromatic carbocycles. The first-order valence-corrected chi connectivity index (χ1v) is 8.92. The maximum atomic E-state index is 11.7. The summed E-state index contributed by atoms with van der Waals surface area (Å²) >= 11 is 0. The number of rotatable bonds is 10. The van der Waals surface area contributed by atoms with Crippen LogP contribution >= 0.6 is 0 Å².